The molecule has 5 heteroatoms. The summed E-state index contributed by atoms with van der Waals surface area (Å²) in [5.74, 6) is 0.383. The SMILES string of the molecule is Fc1ccc(CCNc2ncc(Br)cn2)cc1. The van der Waals surface area contributed by atoms with Gasteiger partial charge in [0.15, 0.2) is 0 Å². The van der Waals surface area contributed by atoms with Crippen LogP contribution in [0.1, 0.15) is 5.56 Å². The van der Waals surface area contributed by atoms with Crippen molar-refractivity contribution in [1.29, 1.82) is 0 Å². The van der Waals surface area contributed by atoms with E-state index in [1.807, 2.05) is 0 Å². The largest absolute Gasteiger partial charge is 0.354 e. The monoisotopic (exact) mass is 295 g/mol. The molecule has 88 valence electrons. The molecule has 0 aliphatic heterocycles. The Bertz CT molecular complexity index is 425. The molecule has 2 rings (SSSR count). The van der Waals surface area contributed by atoms with Crippen molar-refractivity contribution in [1.82, 2.24) is 9.97 Å². The second kappa shape index (κ2) is 5.72. The maximum Gasteiger partial charge on any atom is 0.222 e. The van der Waals surface area contributed by atoms with Gasteiger partial charge in [0.05, 0.1) is 4.47 Å². The van der Waals surface area contributed by atoms with Crippen molar-refractivity contribution in [3.8, 4) is 0 Å². The van der Waals surface area contributed by atoms with Gasteiger partial charge in [-0.2, -0.15) is 0 Å². The predicted octanol–water partition coefficient (Wildman–Crippen LogP) is 3.03. The fourth-order valence-corrected chi connectivity index (χ4v) is 1.58. The van der Waals surface area contributed by atoms with Crippen molar-refractivity contribution < 1.29 is 4.39 Å². The van der Waals surface area contributed by atoms with Crippen LogP contribution in [0.2, 0.25) is 0 Å². The number of nitrogens with one attached hydrogen (secondary N) is 1. The Morgan fingerprint density at radius 1 is 1.12 bits per heavy atom. The third kappa shape index (κ3) is 3.78. The zero-order valence-electron chi connectivity index (χ0n) is 9.03. The van der Waals surface area contributed by atoms with Gasteiger partial charge in [-0.15, -0.1) is 0 Å². The molecular formula is C12H11BrFN3. The van der Waals surface area contributed by atoms with Crippen LogP contribution >= 0.6 is 15.9 Å². The van der Waals surface area contributed by atoms with Crippen molar-refractivity contribution in [2.75, 3.05) is 11.9 Å². The van der Waals surface area contributed by atoms with Gasteiger partial charge >= 0.3 is 0 Å². The Morgan fingerprint density at radius 3 is 2.41 bits per heavy atom. The van der Waals surface area contributed by atoms with Crippen LogP contribution in [-0.4, -0.2) is 16.5 Å². The molecule has 0 aliphatic rings. The van der Waals surface area contributed by atoms with Gasteiger partial charge in [0.2, 0.25) is 5.95 Å². The number of hydrogen-bond acceptors (Lipinski definition) is 3. The highest BCUT2D eigenvalue weighted by molar-refractivity contribution is 9.10. The van der Waals surface area contributed by atoms with Crippen LogP contribution in [0.4, 0.5) is 10.3 Å². The first-order chi connectivity index (χ1) is 8.24. The second-order valence-corrected chi connectivity index (χ2v) is 4.44. The van der Waals surface area contributed by atoms with Crippen LogP contribution in [0.15, 0.2) is 41.1 Å². The number of rotatable bonds is 4. The van der Waals surface area contributed by atoms with Gasteiger partial charge in [-0.25, -0.2) is 14.4 Å². The summed E-state index contributed by atoms with van der Waals surface area (Å²) in [4.78, 5) is 8.19. The molecule has 0 radical (unpaired) electrons. The minimum atomic E-state index is -0.210. The van der Waals surface area contributed by atoms with E-state index >= 15 is 0 Å². The molecule has 0 unspecified atom stereocenters. The van der Waals surface area contributed by atoms with Gasteiger partial charge in [0.25, 0.3) is 0 Å². The highest BCUT2D eigenvalue weighted by atomic mass is 79.9. The molecule has 3 nitrogen and oxygen atoms in total. The van der Waals surface area contributed by atoms with Crippen LogP contribution in [0, 0.1) is 5.82 Å². The van der Waals surface area contributed by atoms with Gasteiger partial charge in [-0.05, 0) is 40.0 Å². The van der Waals surface area contributed by atoms with Crippen molar-refractivity contribution in [3.63, 3.8) is 0 Å². The third-order valence-electron chi connectivity index (χ3n) is 2.23. The minimum Gasteiger partial charge on any atom is -0.354 e. The van der Waals surface area contributed by atoms with Gasteiger partial charge < -0.3 is 5.32 Å². The lowest BCUT2D eigenvalue weighted by molar-refractivity contribution is 0.627. The van der Waals surface area contributed by atoms with Crippen LogP contribution in [0.5, 0.6) is 0 Å². The number of nitrogens with zero attached hydrogens (tertiary/aromatic N) is 2. The first-order valence-corrected chi connectivity index (χ1v) is 5.99. The molecule has 0 spiro atoms. The van der Waals surface area contributed by atoms with E-state index < -0.39 is 0 Å². The van der Waals surface area contributed by atoms with Gasteiger partial charge in [0, 0.05) is 18.9 Å². The standard InChI is InChI=1S/C12H11BrFN3/c13-10-7-16-12(17-8-10)15-6-5-9-1-3-11(14)4-2-9/h1-4,7-8H,5-6H2,(H,15,16,17). The molecular weight excluding hydrogens is 285 g/mol. The Kier molecular flexibility index (Phi) is 4.03. The summed E-state index contributed by atoms with van der Waals surface area (Å²) in [6.07, 6.45) is 4.18. The Labute approximate surface area is 107 Å². The maximum atomic E-state index is 12.7. The Morgan fingerprint density at radius 2 is 1.76 bits per heavy atom. The molecule has 2 aromatic rings. The molecule has 1 heterocycles. The average molecular weight is 296 g/mol. The summed E-state index contributed by atoms with van der Waals surface area (Å²) in [5, 5.41) is 3.10. The van der Waals surface area contributed by atoms with Crippen molar-refractivity contribution in [3.05, 3.63) is 52.5 Å². The van der Waals surface area contributed by atoms with E-state index in [2.05, 4.69) is 31.2 Å². The van der Waals surface area contributed by atoms with E-state index in [1.54, 1.807) is 24.5 Å². The highest BCUT2D eigenvalue weighted by Crippen LogP contribution is 2.07. The van der Waals surface area contributed by atoms with Crippen molar-refractivity contribution in [2.45, 2.75) is 6.42 Å². The van der Waals surface area contributed by atoms with Crippen LogP contribution in [0.3, 0.4) is 0 Å². The van der Waals surface area contributed by atoms with E-state index in [0.717, 1.165) is 16.5 Å². The average Bonchev–Trinajstić information content (AvgIpc) is 2.34. The number of anilines is 1. The molecule has 0 saturated heterocycles. The third-order valence-corrected chi connectivity index (χ3v) is 2.64. The molecule has 0 bridgehead atoms. The van der Waals surface area contributed by atoms with E-state index in [0.29, 0.717) is 12.5 Å². The highest BCUT2D eigenvalue weighted by Gasteiger charge is 1.97. The molecule has 0 saturated carbocycles. The number of halogens is 2. The van der Waals surface area contributed by atoms with Crippen molar-refractivity contribution in [2.24, 2.45) is 0 Å². The maximum absolute atomic E-state index is 12.7. The molecule has 1 aromatic carbocycles. The Hall–Kier alpha value is -1.49. The summed E-state index contributed by atoms with van der Waals surface area (Å²) in [5.41, 5.74) is 1.08. The fourth-order valence-electron chi connectivity index (χ4n) is 1.37. The second-order valence-electron chi connectivity index (χ2n) is 3.53. The molecule has 0 aliphatic carbocycles. The van der Waals surface area contributed by atoms with Crippen molar-refractivity contribution >= 4 is 21.9 Å². The molecule has 17 heavy (non-hydrogen) atoms. The molecule has 1 aromatic heterocycles. The molecule has 0 atom stereocenters. The zero-order valence-corrected chi connectivity index (χ0v) is 10.6. The first kappa shape index (κ1) is 12.0. The minimum absolute atomic E-state index is 0.210. The summed E-state index contributed by atoms with van der Waals surface area (Å²) >= 11 is 3.27. The smallest absolute Gasteiger partial charge is 0.222 e. The normalized spacial score (nSPS) is 10.2. The summed E-state index contributed by atoms with van der Waals surface area (Å²) in [6.45, 7) is 0.716. The predicted molar refractivity (Wildman–Crippen MR) is 68.3 cm³/mol. The topological polar surface area (TPSA) is 37.8 Å². The van der Waals surface area contributed by atoms with E-state index in [-0.39, 0.29) is 5.82 Å². The van der Waals surface area contributed by atoms with Gasteiger partial charge in [0.1, 0.15) is 5.82 Å². The lowest BCUT2D eigenvalue weighted by atomic mass is 10.1. The van der Waals surface area contributed by atoms with Crippen LogP contribution in [0.25, 0.3) is 0 Å². The number of aromatic nitrogens is 2. The van der Waals surface area contributed by atoms with Gasteiger partial charge in [-0.3, -0.25) is 0 Å². The lowest BCUT2D eigenvalue weighted by Crippen LogP contribution is -2.07. The zero-order chi connectivity index (χ0) is 12.1. The quantitative estimate of drug-likeness (QED) is 0.942. The fraction of sp³-hybridized carbons (Fsp3) is 0.167. The lowest BCUT2D eigenvalue weighted by Gasteiger charge is -2.04. The van der Waals surface area contributed by atoms with Crippen LogP contribution in [-0.2, 0) is 6.42 Å². The van der Waals surface area contributed by atoms with Gasteiger partial charge in [-0.1, -0.05) is 12.1 Å². The molecule has 1 N–H and O–H groups in total. The summed E-state index contributed by atoms with van der Waals surface area (Å²) in [7, 11) is 0. The first-order valence-electron chi connectivity index (χ1n) is 5.20. The van der Waals surface area contributed by atoms with Crippen LogP contribution < -0.4 is 5.32 Å². The molecule has 0 fully saturated rings. The summed E-state index contributed by atoms with van der Waals surface area (Å²) < 4.78 is 13.5. The number of benzene rings is 1. The van der Waals surface area contributed by atoms with E-state index in [9.17, 15) is 4.39 Å². The van der Waals surface area contributed by atoms with E-state index in [1.165, 1.54) is 12.1 Å². The molecule has 0 amide bonds. The number of hydrogen-bond donors (Lipinski definition) is 1. The Balaban J connectivity index is 1.83. The van der Waals surface area contributed by atoms with E-state index in [4.69, 9.17) is 0 Å². The summed E-state index contributed by atoms with van der Waals surface area (Å²) in [6, 6.07) is 6.48.